The Balaban J connectivity index is 1.68. The van der Waals surface area contributed by atoms with E-state index in [1.807, 2.05) is 26.0 Å². The zero-order chi connectivity index (χ0) is 22.4. The fourth-order valence-corrected chi connectivity index (χ4v) is 3.38. The average molecular weight is 425 g/mol. The number of benzene rings is 2. The minimum absolute atomic E-state index is 0.112. The molecule has 3 aromatic rings. The summed E-state index contributed by atoms with van der Waals surface area (Å²) in [5, 5.41) is 12.9. The summed E-state index contributed by atoms with van der Waals surface area (Å²) in [5.41, 5.74) is 1.03. The molecule has 0 saturated heterocycles. The van der Waals surface area contributed by atoms with Crippen LogP contribution in [0.2, 0.25) is 0 Å². The Kier molecular flexibility index (Phi) is 7.31. The van der Waals surface area contributed by atoms with Gasteiger partial charge in [-0.3, -0.25) is 4.79 Å². The van der Waals surface area contributed by atoms with Crippen LogP contribution >= 0.6 is 0 Å². The van der Waals surface area contributed by atoms with Crippen molar-refractivity contribution >= 4 is 16.9 Å². The van der Waals surface area contributed by atoms with Crippen LogP contribution < -0.4 is 20.4 Å². The quantitative estimate of drug-likeness (QED) is 0.510. The molecule has 0 fully saturated rings. The molecule has 164 valence electrons. The lowest BCUT2D eigenvalue weighted by molar-refractivity contribution is -0.124. The SMILES string of the molecule is COc1cccc2cc(-c3ccc(OCC(=O)N[C@H](CO)CC(C)C)cc3)c(=O)oc12. The van der Waals surface area contributed by atoms with E-state index in [4.69, 9.17) is 13.9 Å². The van der Waals surface area contributed by atoms with Gasteiger partial charge in [0.15, 0.2) is 17.9 Å². The summed E-state index contributed by atoms with van der Waals surface area (Å²) < 4.78 is 16.2. The Morgan fingerprint density at radius 3 is 2.55 bits per heavy atom. The van der Waals surface area contributed by atoms with Gasteiger partial charge in [0.1, 0.15) is 5.75 Å². The Hall–Kier alpha value is -3.32. The van der Waals surface area contributed by atoms with Gasteiger partial charge in [-0.25, -0.2) is 4.79 Å². The summed E-state index contributed by atoms with van der Waals surface area (Å²) in [5.74, 6) is 1.06. The molecule has 31 heavy (non-hydrogen) atoms. The molecule has 7 nitrogen and oxygen atoms in total. The van der Waals surface area contributed by atoms with Crippen molar-refractivity contribution in [3.8, 4) is 22.6 Å². The zero-order valence-electron chi connectivity index (χ0n) is 17.9. The molecule has 0 aliphatic heterocycles. The van der Waals surface area contributed by atoms with E-state index in [1.165, 1.54) is 7.11 Å². The van der Waals surface area contributed by atoms with Crippen molar-refractivity contribution in [2.24, 2.45) is 5.92 Å². The Morgan fingerprint density at radius 2 is 1.90 bits per heavy atom. The monoisotopic (exact) mass is 425 g/mol. The van der Waals surface area contributed by atoms with Gasteiger partial charge in [-0.15, -0.1) is 0 Å². The lowest BCUT2D eigenvalue weighted by atomic mass is 10.0. The van der Waals surface area contributed by atoms with Crippen molar-refractivity contribution in [1.29, 1.82) is 0 Å². The van der Waals surface area contributed by atoms with Crippen molar-refractivity contribution in [2.75, 3.05) is 20.3 Å². The summed E-state index contributed by atoms with van der Waals surface area (Å²) in [4.78, 5) is 24.5. The molecular formula is C24H27NO6. The van der Waals surface area contributed by atoms with Crippen LogP contribution in [0.3, 0.4) is 0 Å². The fourth-order valence-electron chi connectivity index (χ4n) is 3.38. The number of aliphatic hydroxyl groups excluding tert-OH is 1. The van der Waals surface area contributed by atoms with Crippen LogP contribution in [0.1, 0.15) is 20.3 Å². The molecule has 1 aromatic heterocycles. The van der Waals surface area contributed by atoms with E-state index in [-0.39, 0.29) is 25.2 Å². The highest BCUT2D eigenvalue weighted by Gasteiger charge is 2.14. The first kappa shape index (κ1) is 22.4. The molecule has 0 aliphatic rings. The number of rotatable bonds is 9. The number of ether oxygens (including phenoxy) is 2. The van der Waals surface area contributed by atoms with E-state index < -0.39 is 5.63 Å². The predicted octanol–water partition coefficient (Wildman–Crippen LogP) is 3.37. The molecule has 3 rings (SSSR count). The summed E-state index contributed by atoms with van der Waals surface area (Å²) in [6.45, 7) is 3.78. The number of amides is 1. The van der Waals surface area contributed by atoms with Crippen LogP contribution in [0.15, 0.2) is 57.7 Å². The first-order valence-corrected chi connectivity index (χ1v) is 10.2. The summed E-state index contributed by atoms with van der Waals surface area (Å²) in [6.07, 6.45) is 0.692. The predicted molar refractivity (Wildman–Crippen MR) is 118 cm³/mol. The van der Waals surface area contributed by atoms with Crippen LogP contribution in [0.25, 0.3) is 22.1 Å². The van der Waals surface area contributed by atoms with Crippen molar-refractivity contribution in [3.05, 3.63) is 59.0 Å². The number of nitrogens with one attached hydrogen (secondary N) is 1. The highest BCUT2D eigenvalue weighted by atomic mass is 16.5. The molecule has 0 unspecified atom stereocenters. The van der Waals surface area contributed by atoms with Crippen LogP contribution in [0, 0.1) is 5.92 Å². The van der Waals surface area contributed by atoms with Gasteiger partial charge in [-0.2, -0.15) is 0 Å². The number of aliphatic hydroxyl groups is 1. The van der Waals surface area contributed by atoms with Gasteiger partial charge in [0.25, 0.3) is 5.91 Å². The molecule has 1 heterocycles. The lowest BCUT2D eigenvalue weighted by Crippen LogP contribution is -2.40. The number of hydrogen-bond donors (Lipinski definition) is 2. The van der Waals surface area contributed by atoms with E-state index in [2.05, 4.69) is 5.32 Å². The van der Waals surface area contributed by atoms with Crippen LogP contribution in [-0.2, 0) is 4.79 Å². The van der Waals surface area contributed by atoms with Gasteiger partial charge in [-0.05, 0) is 42.2 Å². The minimum atomic E-state index is -0.467. The molecule has 0 saturated carbocycles. The highest BCUT2D eigenvalue weighted by molar-refractivity contribution is 5.86. The maximum absolute atomic E-state index is 12.5. The number of para-hydroxylation sites is 1. The normalized spacial score (nSPS) is 12.0. The van der Waals surface area contributed by atoms with E-state index in [9.17, 15) is 14.7 Å². The van der Waals surface area contributed by atoms with Crippen molar-refractivity contribution in [2.45, 2.75) is 26.3 Å². The summed E-state index contributed by atoms with van der Waals surface area (Å²) in [6, 6.07) is 13.7. The van der Waals surface area contributed by atoms with E-state index in [0.29, 0.717) is 40.5 Å². The van der Waals surface area contributed by atoms with Gasteiger partial charge in [0, 0.05) is 5.39 Å². The maximum atomic E-state index is 12.5. The summed E-state index contributed by atoms with van der Waals surface area (Å²) in [7, 11) is 1.52. The lowest BCUT2D eigenvalue weighted by Gasteiger charge is -2.18. The van der Waals surface area contributed by atoms with E-state index in [0.717, 1.165) is 5.39 Å². The highest BCUT2D eigenvalue weighted by Crippen LogP contribution is 2.28. The zero-order valence-corrected chi connectivity index (χ0v) is 17.9. The molecule has 1 amide bonds. The Bertz CT molecular complexity index is 1090. The second-order valence-corrected chi connectivity index (χ2v) is 7.72. The Labute approximate surface area is 180 Å². The third-order valence-electron chi connectivity index (χ3n) is 4.82. The van der Waals surface area contributed by atoms with Gasteiger partial charge in [-0.1, -0.05) is 38.1 Å². The number of carbonyl (C=O) groups excluding carboxylic acids is 1. The number of carbonyl (C=O) groups is 1. The number of fused-ring (bicyclic) bond motifs is 1. The van der Waals surface area contributed by atoms with Crippen molar-refractivity contribution in [1.82, 2.24) is 5.32 Å². The van der Waals surface area contributed by atoms with Gasteiger partial charge < -0.3 is 24.3 Å². The topological polar surface area (TPSA) is 98.0 Å². The van der Waals surface area contributed by atoms with Crippen molar-refractivity contribution < 1.29 is 23.8 Å². The number of hydrogen-bond acceptors (Lipinski definition) is 6. The number of methoxy groups -OCH3 is 1. The molecule has 7 heteroatoms. The van der Waals surface area contributed by atoms with E-state index >= 15 is 0 Å². The standard InChI is InChI=1S/C24H27NO6/c1-15(2)11-18(13-26)25-22(27)14-30-19-9-7-16(8-10-19)20-12-17-5-4-6-21(29-3)23(17)31-24(20)28/h4-10,12,15,18,26H,11,13-14H2,1-3H3,(H,25,27)/t18-/m0/s1. The second kappa shape index (κ2) is 10.1. The molecule has 0 bridgehead atoms. The maximum Gasteiger partial charge on any atom is 0.344 e. The molecule has 0 spiro atoms. The first-order valence-electron chi connectivity index (χ1n) is 10.2. The minimum Gasteiger partial charge on any atom is -0.493 e. The molecule has 1 atom stereocenters. The van der Waals surface area contributed by atoms with Crippen LogP contribution in [0.5, 0.6) is 11.5 Å². The molecule has 2 aromatic carbocycles. The van der Waals surface area contributed by atoms with Gasteiger partial charge in [0.2, 0.25) is 0 Å². The largest absolute Gasteiger partial charge is 0.493 e. The van der Waals surface area contributed by atoms with Crippen LogP contribution in [-0.4, -0.2) is 37.4 Å². The van der Waals surface area contributed by atoms with Crippen molar-refractivity contribution in [3.63, 3.8) is 0 Å². The van der Waals surface area contributed by atoms with Gasteiger partial charge >= 0.3 is 5.63 Å². The average Bonchev–Trinajstić information content (AvgIpc) is 2.76. The van der Waals surface area contributed by atoms with E-state index in [1.54, 1.807) is 36.4 Å². The van der Waals surface area contributed by atoms with Gasteiger partial charge in [0.05, 0.1) is 25.3 Å². The molecular weight excluding hydrogens is 398 g/mol. The first-order chi connectivity index (χ1) is 14.9. The fraction of sp³-hybridized carbons (Fsp3) is 0.333. The molecule has 0 radical (unpaired) electrons. The molecule has 0 aliphatic carbocycles. The smallest absolute Gasteiger partial charge is 0.344 e. The second-order valence-electron chi connectivity index (χ2n) is 7.72. The third-order valence-corrected chi connectivity index (χ3v) is 4.82. The van der Waals surface area contributed by atoms with Crippen LogP contribution in [0.4, 0.5) is 0 Å². The summed E-state index contributed by atoms with van der Waals surface area (Å²) >= 11 is 0. The third kappa shape index (κ3) is 5.64. The molecule has 2 N–H and O–H groups in total. The Morgan fingerprint density at radius 1 is 1.16 bits per heavy atom.